The molecule has 1 amide bonds. The van der Waals surface area contributed by atoms with Crippen molar-refractivity contribution in [2.75, 3.05) is 19.4 Å². The second-order valence-electron chi connectivity index (χ2n) is 6.46. The number of sulfonamides is 1. The van der Waals surface area contributed by atoms with Crippen LogP contribution in [0.25, 0.3) is 0 Å². The largest absolute Gasteiger partial charge is 0.322 e. The molecule has 0 atom stereocenters. The van der Waals surface area contributed by atoms with Gasteiger partial charge in [-0.25, -0.2) is 12.7 Å². The first-order valence-corrected chi connectivity index (χ1v) is 9.78. The Morgan fingerprint density at radius 1 is 0.960 bits per heavy atom. The molecule has 1 N–H and O–H groups in total. The summed E-state index contributed by atoms with van der Waals surface area (Å²) in [5.74, 6) is -0.184. The smallest absolute Gasteiger partial charge is 0.255 e. The van der Waals surface area contributed by atoms with E-state index in [2.05, 4.69) is 5.32 Å². The Hall–Kier alpha value is -2.18. The third-order valence-corrected chi connectivity index (χ3v) is 6.33. The van der Waals surface area contributed by atoms with Crippen molar-refractivity contribution in [2.45, 2.75) is 30.6 Å². The number of nitrogens with one attached hydrogen (secondary N) is 1. The zero-order valence-corrected chi connectivity index (χ0v) is 15.3. The van der Waals surface area contributed by atoms with E-state index in [1.807, 2.05) is 18.2 Å². The molecule has 0 saturated heterocycles. The van der Waals surface area contributed by atoms with Gasteiger partial charge in [-0.2, -0.15) is 0 Å². The molecule has 0 aliphatic heterocycles. The van der Waals surface area contributed by atoms with Crippen molar-refractivity contribution in [1.29, 1.82) is 0 Å². The lowest BCUT2D eigenvalue weighted by atomic mass is 9.90. The highest BCUT2D eigenvalue weighted by molar-refractivity contribution is 7.89. The Morgan fingerprint density at radius 2 is 1.60 bits per heavy atom. The van der Waals surface area contributed by atoms with Gasteiger partial charge in [-0.05, 0) is 73.2 Å². The van der Waals surface area contributed by atoms with Crippen LogP contribution in [0.1, 0.15) is 34.3 Å². The van der Waals surface area contributed by atoms with Crippen molar-refractivity contribution in [3.63, 3.8) is 0 Å². The molecule has 2 aromatic rings. The molecular weight excluding hydrogens is 336 g/mol. The van der Waals surface area contributed by atoms with Crippen LogP contribution in [0, 0.1) is 0 Å². The van der Waals surface area contributed by atoms with E-state index in [0.717, 1.165) is 17.1 Å². The lowest BCUT2D eigenvalue weighted by molar-refractivity contribution is 0.102. The molecule has 6 heteroatoms. The molecule has 0 bridgehead atoms. The van der Waals surface area contributed by atoms with E-state index in [-0.39, 0.29) is 10.8 Å². The molecule has 0 heterocycles. The molecule has 25 heavy (non-hydrogen) atoms. The maximum Gasteiger partial charge on any atom is 0.255 e. The van der Waals surface area contributed by atoms with E-state index in [1.165, 1.54) is 50.2 Å². The van der Waals surface area contributed by atoms with Crippen LogP contribution in [0.4, 0.5) is 5.69 Å². The summed E-state index contributed by atoms with van der Waals surface area (Å²) < 4.78 is 25.3. The molecule has 0 fully saturated rings. The van der Waals surface area contributed by atoms with Crippen LogP contribution in [0.5, 0.6) is 0 Å². The molecule has 0 spiro atoms. The SMILES string of the molecule is CN(C)S(=O)(=O)c1ccc(NC(=O)c2ccc3c(c2)CCCC3)cc1. The lowest BCUT2D eigenvalue weighted by Gasteiger charge is -2.16. The van der Waals surface area contributed by atoms with Gasteiger partial charge in [0.15, 0.2) is 0 Å². The Labute approximate surface area is 148 Å². The average molecular weight is 358 g/mol. The molecular formula is C19H22N2O3S. The van der Waals surface area contributed by atoms with E-state index in [0.29, 0.717) is 11.3 Å². The fourth-order valence-electron chi connectivity index (χ4n) is 3.00. The van der Waals surface area contributed by atoms with Gasteiger partial charge in [0.25, 0.3) is 5.91 Å². The standard InChI is InChI=1S/C19H22N2O3S/c1-21(2)25(23,24)18-11-9-17(10-12-18)20-19(22)16-8-7-14-5-3-4-6-15(14)13-16/h7-13H,3-6H2,1-2H3,(H,20,22). The van der Waals surface area contributed by atoms with Gasteiger partial charge in [0, 0.05) is 25.3 Å². The van der Waals surface area contributed by atoms with Crippen LogP contribution in [0.3, 0.4) is 0 Å². The van der Waals surface area contributed by atoms with Gasteiger partial charge >= 0.3 is 0 Å². The van der Waals surface area contributed by atoms with Crippen LogP contribution >= 0.6 is 0 Å². The molecule has 1 aliphatic carbocycles. The molecule has 1 aliphatic rings. The van der Waals surface area contributed by atoms with E-state index >= 15 is 0 Å². The quantitative estimate of drug-likeness (QED) is 0.913. The molecule has 0 saturated carbocycles. The highest BCUT2D eigenvalue weighted by Gasteiger charge is 2.17. The second kappa shape index (κ2) is 6.98. The first kappa shape index (κ1) is 17.6. The summed E-state index contributed by atoms with van der Waals surface area (Å²) in [6, 6.07) is 12.1. The fraction of sp³-hybridized carbons (Fsp3) is 0.316. The van der Waals surface area contributed by atoms with Gasteiger partial charge in [0.1, 0.15) is 0 Å². The summed E-state index contributed by atoms with van der Waals surface area (Å²) in [5, 5.41) is 2.83. The minimum Gasteiger partial charge on any atom is -0.322 e. The maximum absolute atomic E-state index is 12.5. The van der Waals surface area contributed by atoms with Crippen molar-refractivity contribution in [3.8, 4) is 0 Å². The van der Waals surface area contributed by atoms with Crippen LogP contribution in [-0.4, -0.2) is 32.7 Å². The number of aryl methyl sites for hydroxylation is 2. The Bertz CT molecular complexity index is 887. The molecule has 5 nitrogen and oxygen atoms in total. The minimum absolute atomic E-state index is 0.184. The summed E-state index contributed by atoms with van der Waals surface area (Å²) >= 11 is 0. The van der Waals surface area contributed by atoms with Gasteiger partial charge in [0.05, 0.1) is 4.90 Å². The number of nitrogens with zero attached hydrogens (tertiary/aromatic N) is 1. The predicted octanol–water partition coefficient (Wildman–Crippen LogP) is 3.07. The van der Waals surface area contributed by atoms with Crippen LogP contribution in [0.15, 0.2) is 47.4 Å². The number of carbonyl (C=O) groups is 1. The Kier molecular flexibility index (Phi) is 4.92. The number of anilines is 1. The van der Waals surface area contributed by atoms with Gasteiger partial charge in [-0.3, -0.25) is 4.79 Å². The third-order valence-electron chi connectivity index (χ3n) is 4.50. The fourth-order valence-corrected chi connectivity index (χ4v) is 3.90. The summed E-state index contributed by atoms with van der Waals surface area (Å²) in [5.41, 5.74) is 3.79. The first-order valence-electron chi connectivity index (χ1n) is 8.34. The summed E-state index contributed by atoms with van der Waals surface area (Å²) in [6.07, 6.45) is 4.48. The van der Waals surface area contributed by atoms with Gasteiger partial charge in [-0.15, -0.1) is 0 Å². The topological polar surface area (TPSA) is 66.5 Å². The number of carbonyl (C=O) groups excluding carboxylic acids is 1. The number of hydrogen-bond acceptors (Lipinski definition) is 3. The number of amides is 1. The molecule has 2 aromatic carbocycles. The molecule has 132 valence electrons. The molecule has 3 rings (SSSR count). The number of rotatable bonds is 4. The van der Waals surface area contributed by atoms with Gasteiger partial charge in [0.2, 0.25) is 10.0 Å². The highest BCUT2D eigenvalue weighted by atomic mass is 32.2. The van der Waals surface area contributed by atoms with Crippen molar-refractivity contribution in [2.24, 2.45) is 0 Å². The summed E-state index contributed by atoms with van der Waals surface area (Å²) in [4.78, 5) is 12.7. The van der Waals surface area contributed by atoms with Crippen LogP contribution < -0.4 is 5.32 Å². The van der Waals surface area contributed by atoms with Crippen LogP contribution in [0.2, 0.25) is 0 Å². The summed E-state index contributed by atoms with van der Waals surface area (Å²) in [6.45, 7) is 0. The average Bonchev–Trinajstić information content (AvgIpc) is 2.61. The van der Waals surface area contributed by atoms with Gasteiger partial charge < -0.3 is 5.32 Å². The minimum atomic E-state index is -3.46. The highest BCUT2D eigenvalue weighted by Crippen LogP contribution is 2.23. The van der Waals surface area contributed by atoms with Crippen molar-refractivity contribution >= 4 is 21.6 Å². The number of benzene rings is 2. The monoisotopic (exact) mass is 358 g/mol. The lowest BCUT2D eigenvalue weighted by Crippen LogP contribution is -2.22. The Balaban J connectivity index is 1.75. The normalized spacial score (nSPS) is 14.2. The third kappa shape index (κ3) is 3.75. The zero-order chi connectivity index (χ0) is 18.0. The molecule has 0 radical (unpaired) electrons. The van der Waals surface area contributed by atoms with E-state index in [4.69, 9.17) is 0 Å². The number of fused-ring (bicyclic) bond motifs is 1. The maximum atomic E-state index is 12.5. The van der Waals surface area contributed by atoms with Crippen LogP contribution in [-0.2, 0) is 22.9 Å². The second-order valence-corrected chi connectivity index (χ2v) is 8.61. The molecule has 0 unspecified atom stereocenters. The van der Waals surface area contributed by atoms with Crippen molar-refractivity contribution in [1.82, 2.24) is 4.31 Å². The predicted molar refractivity (Wildman–Crippen MR) is 98.4 cm³/mol. The van der Waals surface area contributed by atoms with E-state index in [1.54, 1.807) is 12.1 Å². The van der Waals surface area contributed by atoms with Gasteiger partial charge in [-0.1, -0.05) is 6.07 Å². The Morgan fingerprint density at radius 3 is 2.24 bits per heavy atom. The van der Waals surface area contributed by atoms with Crippen molar-refractivity contribution in [3.05, 3.63) is 59.2 Å². The van der Waals surface area contributed by atoms with E-state index < -0.39 is 10.0 Å². The summed E-state index contributed by atoms with van der Waals surface area (Å²) in [7, 11) is -0.490. The molecule has 0 aromatic heterocycles. The van der Waals surface area contributed by atoms with Crippen molar-refractivity contribution < 1.29 is 13.2 Å². The first-order chi connectivity index (χ1) is 11.9. The zero-order valence-electron chi connectivity index (χ0n) is 14.5. The number of hydrogen-bond donors (Lipinski definition) is 1. The van der Waals surface area contributed by atoms with E-state index in [9.17, 15) is 13.2 Å².